The van der Waals surface area contributed by atoms with Crippen LogP contribution in [0.5, 0.6) is 5.75 Å². The largest absolute Gasteiger partial charge is 0.497 e. The Kier molecular flexibility index (Phi) is 3.89. The minimum absolute atomic E-state index is 0.508. The Morgan fingerprint density at radius 3 is 2.16 bits per heavy atom. The summed E-state index contributed by atoms with van der Waals surface area (Å²) in [4.78, 5) is 25.9. The van der Waals surface area contributed by atoms with Gasteiger partial charge in [0, 0.05) is 31.9 Å². The normalized spacial score (nSPS) is 15.2. The summed E-state index contributed by atoms with van der Waals surface area (Å²) in [5.74, 6) is -0.682. The first kappa shape index (κ1) is 13.2. The zero-order valence-electron chi connectivity index (χ0n) is 10.8. The van der Waals surface area contributed by atoms with E-state index in [1.165, 1.54) is 4.90 Å². The molecule has 0 spiro atoms. The summed E-state index contributed by atoms with van der Waals surface area (Å²) in [5.41, 5.74) is 6.06. The van der Waals surface area contributed by atoms with Gasteiger partial charge in [0.05, 0.1) is 7.11 Å². The summed E-state index contributed by atoms with van der Waals surface area (Å²) in [6.07, 6.45) is 0. The second kappa shape index (κ2) is 5.60. The van der Waals surface area contributed by atoms with Crippen LogP contribution in [-0.2, 0) is 9.59 Å². The van der Waals surface area contributed by atoms with Crippen molar-refractivity contribution in [2.24, 2.45) is 5.73 Å². The van der Waals surface area contributed by atoms with Crippen LogP contribution in [0.15, 0.2) is 24.3 Å². The second-order valence-corrected chi connectivity index (χ2v) is 4.34. The smallest absolute Gasteiger partial charge is 0.311 e. The van der Waals surface area contributed by atoms with Crippen molar-refractivity contribution < 1.29 is 14.3 Å². The highest BCUT2D eigenvalue weighted by molar-refractivity contribution is 6.34. The van der Waals surface area contributed by atoms with Crippen LogP contribution in [0, 0.1) is 0 Å². The molecule has 1 aromatic carbocycles. The molecule has 0 atom stereocenters. The van der Waals surface area contributed by atoms with Gasteiger partial charge in [-0.3, -0.25) is 9.59 Å². The fraction of sp³-hybridized carbons (Fsp3) is 0.385. The molecule has 2 N–H and O–H groups in total. The number of amides is 2. The minimum Gasteiger partial charge on any atom is -0.497 e. The molecule has 6 heteroatoms. The highest BCUT2D eigenvalue weighted by atomic mass is 16.5. The number of carbonyl (C=O) groups is 2. The Morgan fingerprint density at radius 1 is 1.11 bits per heavy atom. The average molecular weight is 263 g/mol. The van der Waals surface area contributed by atoms with Gasteiger partial charge in [-0.2, -0.15) is 0 Å². The van der Waals surface area contributed by atoms with E-state index in [-0.39, 0.29) is 0 Å². The number of primary amides is 1. The molecule has 1 aromatic rings. The summed E-state index contributed by atoms with van der Waals surface area (Å²) in [6.45, 7) is 2.39. The predicted molar refractivity (Wildman–Crippen MR) is 71.0 cm³/mol. The van der Waals surface area contributed by atoms with Crippen LogP contribution in [0.1, 0.15) is 0 Å². The molecule has 1 fully saturated rings. The molecule has 1 saturated heterocycles. The first-order chi connectivity index (χ1) is 9.11. The van der Waals surface area contributed by atoms with Crippen molar-refractivity contribution in [3.8, 4) is 5.75 Å². The second-order valence-electron chi connectivity index (χ2n) is 4.34. The van der Waals surface area contributed by atoms with Crippen molar-refractivity contribution >= 4 is 17.5 Å². The number of hydrogen-bond donors (Lipinski definition) is 1. The molecule has 6 nitrogen and oxygen atoms in total. The highest BCUT2D eigenvalue weighted by Crippen LogP contribution is 2.20. The van der Waals surface area contributed by atoms with Crippen LogP contribution < -0.4 is 15.4 Å². The van der Waals surface area contributed by atoms with E-state index in [0.717, 1.165) is 11.4 Å². The highest BCUT2D eigenvalue weighted by Gasteiger charge is 2.24. The van der Waals surface area contributed by atoms with Crippen molar-refractivity contribution in [2.75, 3.05) is 38.2 Å². The Morgan fingerprint density at radius 2 is 1.68 bits per heavy atom. The quantitative estimate of drug-likeness (QED) is 0.752. The van der Waals surface area contributed by atoms with Crippen molar-refractivity contribution in [1.29, 1.82) is 0 Å². The van der Waals surface area contributed by atoms with Crippen LogP contribution in [0.3, 0.4) is 0 Å². The Bertz CT molecular complexity index is 465. The molecule has 1 aliphatic heterocycles. The fourth-order valence-electron chi connectivity index (χ4n) is 2.12. The van der Waals surface area contributed by atoms with E-state index >= 15 is 0 Å². The number of nitrogens with two attached hydrogens (primary N) is 1. The number of ether oxygens (including phenoxy) is 1. The van der Waals surface area contributed by atoms with Crippen molar-refractivity contribution in [3.05, 3.63) is 24.3 Å². The van der Waals surface area contributed by atoms with Crippen LogP contribution in [0.4, 0.5) is 5.69 Å². The Balaban J connectivity index is 1.95. The van der Waals surface area contributed by atoms with Gasteiger partial charge in [0.2, 0.25) is 0 Å². The number of carbonyl (C=O) groups excluding carboxylic acids is 2. The number of piperazine rings is 1. The lowest BCUT2D eigenvalue weighted by Crippen LogP contribution is -2.51. The van der Waals surface area contributed by atoms with Gasteiger partial charge < -0.3 is 20.3 Å². The Labute approximate surface area is 111 Å². The van der Waals surface area contributed by atoms with E-state index in [2.05, 4.69) is 4.90 Å². The summed E-state index contributed by atoms with van der Waals surface area (Å²) in [6, 6.07) is 7.75. The number of hydrogen-bond acceptors (Lipinski definition) is 4. The topological polar surface area (TPSA) is 75.9 Å². The standard InChI is InChI=1S/C13H17N3O3/c1-19-11-4-2-10(3-5-11)15-6-8-16(9-7-15)13(18)12(14)17/h2-5H,6-9H2,1H3,(H2,14,17). The zero-order chi connectivity index (χ0) is 13.8. The van der Waals surface area contributed by atoms with Gasteiger partial charge in [0.15, 0.2) is 0 Å². The Hall–Kier alpha value is -2.24. The third kappa shape index (κ3) is 2.96. The van der Waals surface area contributed by atoms with Crippen molar-refractivity contribution in [3.63, 3.8) is 0 Å². The number of methoxy groups -OCH3 is 1. The van der Waals surface area contributed by atoms with Gasteiger partial charge in [-0.1, -0.05) is 0 Å². The molecule has 1 aliphatic rings. The van der Waals surface area contributed by atoms with Gasteiger partial charge in [0.25, 0.3) is 0 Å². The summed E-state index contributed by atoms with van der Waals surface area (Å²) in [7, 11) is 1.63. The molecule has 102 valence electrons. The molecule has 0 aromatic heterocycles. The number of anilines is 1. The summed E-state index contributed by atoms with van der Waals surface area (Å²) >= 11 is 0. The summed E-state index contributed by atoms with van der Waals surface area (Å²) < 4.78 is 5.11. The van der Waals surface area contributed by atoms with Gasteiger partial charge in [-0.15, -0.1) is 0 Å². The van der Waals surface area contributed by atoms with Crippen LogP contribution in [-0.4, -0.2) is 50.0 Å². The van der Waals surface area contributed by atoms with Crippen LogP contribution in [0.2, 0.25) is 0 Å². The molecular formula is C13H17N3O3. The van der Waals surface area contributed by atoms with E-state index in [1.807, 2.05) is 24.3 Å². The predicted octanol–water partition coefficient (Wildman–Crippen LogP) is -0.171. The average Bonchev–Trinajstić information content (AvgIpc) is 2.46. The van der Waals surface area contributed by atoms with E-state index in [4.69, 9.17) is 10.5 Å². The lowest BCUT2D eigenvalue weighted by atomic mass is 10.2. The molecule has 1 heterocycles. The first-order valence-corrected chi connectivity index (χ1v) is 6.09. The maximum absolute atomic E-state index is 11.4. The minimum atomic E-state index is -0.891. The molecule has 0 unspecified atom stereocenters. The lowest BCUT2D eigenvalue weighted by Gasteiger charge is -2.35. The zero-order valence-corrected chi connectivity index (χ0v) is 10.8. The maximum Gasteiger partial charge on any atom is 0.311 e. The van der Waals surface area contributed by atoms with E-state index in [9.17, 15) is 9.59 Å². The maximum atomic E-state index is 11.4. The third-order valence-corrected chi connectivity index (χ3v) is 3.22. The number of nitrogens with zero attached hydrogens (tertiary/aromatic N) is 2. The molecule has 0 radical (unpaired) electrons. The van der Waals surface area contributed by atoms with Gasteiger partial charge in [-0.25, -0.2) is 0 Å². The van der Waals surface area contributed by atoms with E-state index in [0.29, 0.717) is 26.2 Å². The third-order valence-electron chi connectivity index (χ3n) is 3.22. The number of benzene rings is 1. The van der Waals surface area contributed by atoms with Gasteiger partial charge in [0.1, 0.15) is 5.75 Å². The van der Waals surface area contributed by atoms with Crippen molar-refractivity contribution in [2.45, 2.75) is 0 Å². The van der Waals surface area contributed by atoms with Crippen LogP contribution in [0.25, 0.3) is 0 Å². The first-order valence-electron chi connectivity index (χ1n) is 6.09. The van der Waals surface area contributed by atoms with Gasteiger partial charge in [-0.05, 0) is 24.3 Å². The van der Waals surface area contributed by atoms with Gasteiger partial charge >= 0.3 is 11.8 Å². The molecule has 0 aliphatic carbocycles. The van der Waals surface area contributed by atoms with Crippen LogP contribution >= 0.6 is 0 Å². The van der Waals surface area contributed by atoms with E-state index in [1.54, 1.807) is 7.11 Å². The molecule has 0 saturated carbocycles. The fourth-order valence-corrected chi connectivity index (χ4v) is 2.12. The SMILES string of the molecule is COc1ccc(N2CCN(C(=O)C(N)=O)CC2)cc1. The molecule has 2 rings (SSSR count). The van der Waals surface area contributed by atoms with Crippen molar-refractivity contribution in [1.82, 2.24) is 4.90 Å². The molecule has 2 amide bonds. The molecular weight excluding hydrogens is 246 g/mol. The van der Waals surface area contributed by atoms with E-state index < -0.39 is 11.8 Å². The molecule has 0 bridgehead atoms. The molecule has 19 heavy (non-hydrogen) atoms. The number of rotatable bonds is 2. The monoisotopic (exact) mass is 263 g/mol. The lowest BCUT2D eigenvalue weighted by molar-refractivity contribution is -0.144. The summed E-state index contributed by atoms with van der Waals surface area (Å²) in [5, 5.41) is 0.